The Bertz CT molecular complexity index is 772. The normalized spacial score (nSPS) is 11.1. The van der Waals surface area contributed by atoms with Crippen LogP contribution < -0.4 is 4.74 Å². The van der Waals surface area contributed by atoms with Crippen molar-refractivity contribution in [3.63, 3.8) is 0 Å². The van der Waals surface area contributed by atoms with E-state index >= 15 is 0 Å². The number of nitrogens with zero attached hydrogens (tertiary/aromatic N) is 1. The van der Waals surface area contributed by atoms with E-state index in [0.717, 1.165) is 36.7 Å². The molecule has 0 aliphatic heterocycles. The predicted octanol–water partition coefficient (Wildman–Crippen LogP) is 5.63. The molecular formula is C21H25NO2. The van der Waals surface area contributed by atoms with Crippen LogP contribution in [0.15, 0.2) is 47.0 Å². The molecule has 0 radical (unpaired) electrons. The number of aryl methyl sites for hydroxylation is 2. The van der Waals surface area contributed by atoms with E-state index in [4.69, 9.17) is 9.26 Å². The number of unbranched alkanes of at least 4 members (excludes halogenated alkanes) is 3. The van der Waals surface area contributed by atoms with Gasteiger partial charge in [0.1, 0.15) is 11.5 Å². The second-order valence-electron chi connectivity index (χ2n) is 6.32. The highest BCUT2D eigenvalue weighted by Gasteiger charge is 2.07. The molecule has 1 aromatic heterocycles. The SMILES string of the molecule is Cc1noc(C)c1CCCCCCOc1ccc2ccccc2c1. The fourth-order valence-corrected chi connectivity index (χ4v) is 3.06. The number of rotatable bonds is 8. The molecule has 3 aromatic rings. The quantitative estimate of drug-likeness (QED) is 0.504. The average Bonchev–Trinajstić information content (AvgIpc) is 2.92. The van der Waals surface area contributed by atoms with Crippen LogP contribution in [0.3, 0.4) is 0 Å². The minimum absolute atomic E-state index is 0.781. The summed E-state index contributed by atoms with van der Waals surface area (Å²) >= 11 is 0. The molecule has 2 aromatic carbocycles. The third kappa shape index (κ3) is 4.16. The highest BCUT2D eigenvalue weighted by atomic mass is 16.5. The third-order valence-electron chi connectivity index (χ3n) is 4.49. The van der Waals surface area contributed by atoms with Crippen molar-refractivity contribution >= 4 is 10.8 Å². The van der Waals surface area contributed by atoms with Crippen molar-refractivity contribution in [3.8, 4) is 5.75 Å². The first-order chi connectivity index (χ1) is 11.7. The van der Waals surface area contributed by atoms with Gasteiger partial charge in [-0.1, -0.05) is 48.3 Å². The van der Waals surface area contributed by atoms with E-state index in [1.807, 2.05) is 13.8 Å². The van der Waals surface area contributed by atoms with Gasteiger partial charge in [0.25, 0.3) is 0 Å². The summed E-state index contributed by atoms with van der Waals surface area (Å²) in [5.74, 6) is 1.93. The topological polar surface area (TPSA) is 35.3 Å². The molecule has 0 saturated heterocycles. The van der Waals surface area contributed by atoms with Crippen molar-refractivity contribution in [2.24, 2.45) is 0 Å². The van der Waals surface area contributed by atoms with E-state index in [2.05, 4.69) is 47.6 Å². The maximum atomic E-state index is 5.88. The van der Waals surface area contributed by atoms with Crippen LogP contribution in [-0.4, -0.2) is 11.8 Å². The Hall–Kier alpha value is -2.29. The van der Waals surface area contributed by atoms with Crippen LogP contribution in [0.5, 0.6) is 5.75 Å². The molecule has 0 bridgehead atoms. The first-order valence-electron chi connectivity index (χ1n) is 8.77. The van der Waals surface area contributed by atoms with Gasteiger partial charge in [0.05, 0.1) is 12.3 Å². The zero-order valence-corrected chi connectivity index (χ0v) is 14.5. The third-order valence-corrected chi connectivity index (χ3v) is 4.49. The molecule has 0 atom stereocenters. The summed E-state index contributed by atoms with van der Waals surface area (Å²) in [4.78, 5) is 0. The van der Waals surface area contributed by atoms with Crippen LogP contribution in [0.25, 0.3) is 10.8 Å². The summed E-state index contributed by atoms with van der Waals surface area (Å²) in [6.45, 7) is 4.79. The zero-order valence-electron chi connectivity index (χ0n) is 14.5. The summed E-state index contributed by atoms with van der Waals surface area (Å²) in [6, 6.07) is 14.7. The Labute approximate surface area is 143 Å². The number of benzene rings is 2. The van der Waals surface area contributed by atoms with Gasteiger partial charge in [-0.3, -0.25) is 0 Å². The molecule has 0 saturated carbocycles. The number of ether oxygens (including phenoxy) is 1. The monoisotopic (exact) mass is 323 g/mol. The lowest BCUT2D eigenvalue weighted by molar-refractivity contribution is 0.305. The van der Waals surface area contributed by atoms with Crippen LogP contribution in [0.2, 0.25) is 0 Å². The summed E-state index contributed by atoms with van der Waals surface area (Å²) in [7, 11) is 0. The van der Waals surface area contributed by atoms with Crippen molar-refractivity contribution < 1.29 is 9.26 Å². The van der Waals surface area contributed by atoms with E-state index in [0.29, 0.717) is 0 Å². The van der Waals surface area contributed by atoms with E-state index < -0.39 is 0 Å². The molecule has 0 unspecified atom stereocenters. The van der Waals surface area contributed by atoms with Crippen LogP contribution in [0.1, 0.15) is 42.7 Å². The van der Waals surface area contributed by atoms with Gasteiger partial charge in [-0.05, 0) is 56.0 Å². The second kappa shape index (κ2) is 8.00. The van der Waals surface area contributed by atoms with E-state index in [-0.39, 0.29) is 0 Å². The largest absolute Gasteiger partial charge is 0.494 e. The molecule has 0 N–H and O–H groups in total. The van der Waals surface area contributed by atoms with Gasteiger partial charge in [-0.25, -0.2) is 0 Å². The Kier molecular flexibility index (Phi) is 5.52. The van der Waals surface area contributed by atoms with Crippen molar-refractivity contribution in [2.75, 3.05) is 6.61 Å². The first kappa shape index (κ1) is 16.6. The van der Waals surface area contributed by atoms with Crippen LogP contribution in [-0.2, 0) is 6.42 Å². The van der Waals surface area contributed by atoms with Crippen molar-refractivity contribution in [2.45, 2.75) is 46.0 Å². The zero-order chi connectivity index (χ0) is 16.8. The van der Waals surface area contributed by atoms with Crippen LogP contribution in [0.4, 0.5) is 0 Å². The van der Waals surface area contributed by atoms with E-state index in [1.165, 1.54) is 35.6 Å². The number of hydrogen-bond donors (Lipinski definition) is 0. The summed E-state index contributed by atoms with van der Waals surface area (Å²) in [5, 5.41) is 6.49. The predicted molar refractivity (Wildman–Crippen MR) is 97.6 cm³/mol. The fraction of sp³-hybridized carbons (Fsp3) is 0.381. The molecule has 24 heavy (non-hydrogen) atoms. The number of aromatic nitrogens is 1. The number of fused-ring (bicyclic) bond motifs is 1. The average molecular weight is 323 g/mol. The van der Waals surface area contributed by atoms with Gasteiger partial charge in [0.15, 0.2) is 0 Å². The molecule has 0 aliphatic rings. The summed E-state index contributed by atoms with van der Waals surface area (Å²) in [5.41, 5.74) is 2.31. The fourth-order valence-electron chi connectivity index (χ4n) is 3.06. The molecule has 0 spiro atoms. The van der Waals surface area contributed by atoms with Crippen LogP contribution in [0, 0.1) is 13.8 Å². The molecule has 3 nitrogen and oxygen atoms in total. The van der Waals surface area contributed by atoms with Crippen molar-refractivity contribution in [3.05, 3.63) is 59.5 Å². The molecular weight excluding hydrogens is 298 g/mol. The van der Waals surface area contributed by atoms with E-state index in [9.17, 15) is 0 Å². The standard InChI is InChI=1S/C21H25NO2/c1-16-21(17(2)24-22-16)11-5-3-4-8-14-23-20-13-12-18-9-6-7-10-19(18)15-20/h6-7,9-10,12-13,15H,3-5,8,11,14H2,1-2H3. The highest BCUT2D eigenvalue weighted by molar-refractivity contribution is 5.83. The molecule has 3 heteroatoms. The van der Waals surface area contributed by atoms with Gasteiger partial charge in [-0.15, -0.1) is 0 Å². The van der Waals surface area contributed by atoms with Gasteiger partial charge < -0.3 is 9.26 Å². The summed E-state index contributed by atoms with van der Waals surface area (Å²) < 4.78 is 11.1. The first-order valence-corrected chi connectivity index (χ1v) is 8.77. The maximum Gasteiger partial charge on any atom is 0.137 e. The second-order valence-corrected chi connectivity index (χ2v) is 6.32. The Morgan fingerprint density at radius 3 is 2.50 bits per heavy atom. The highest BCUT2D eigenvalue weighted by Crippen LogP contribution is 2.21. The molecule has 0 amide bonds. The van der Waals surface area contributed by atoms with Gasteiger partial charge in [0.2, 0.25) is 0 Å². The van der Waals surface area contributed by atoms with Crippen LogP contribution >= 0.6 is 0 Å². The molecule has 0 fully saturated rings. The molecule has 1 heterocycles. The Morgan fingerprint density at radius 2 is 1.71 bits per heavy atom. The smallest absolute Gasteiger partial charge is 0.137 e. The van der Waals surface area contributed by atoms with Gasteiger partial charge in [0, 0.05) is 5.56 Å². The van der Waals surface area contributed by atoms with Crippen molar-refractivity contribution in [1.29, 1.82) is 0 Å². The lowest BCUT2D eigenvalue weighted by Crippen LogP contribution is -1.97. The minimum Gasteiger partial charge on any atom is -0.494 e. The maximum absolute atomic E-state index is 5.88. The lowest BCUT2D eigenvalue weighted by Gasteiger charge is -2.07. The van der Waals surface area contributed by atoms with Crippen molar-refractivity contribution in [1.82, 2.24) is 5.16 Å². The minimum atomic E-state index is 0.781. The van der Waals surface area contributed by atoms with Gasteiger partial charge in [-0.2, -0.15) is 0 Å². The molecule has 0 aliphatic carbocycles. The molecule has 126 valence electrons. The number of hydrogen-bond acceptors (Lipinski definition) is 3. The Morgan fingerprint density at radius 1 is 0.917 bits per heavy atom. The molecule has 3 rings (SSSR count). The Balaban J connectivity index is 1.35. The van der Waals surface area contributed by atoms with E-state index in [1.54, 1.807) is 0 Å². The summed E-state index contributed by atoms with van der Waals surface area (Å²) in [6.07, 6.45) is 5.74. The lowest BCUT2D eigenvalue weighted by atomic mass is 10.1. The van der Waals surface area contributed by atoms with Gasteiger partial charge >= 0.3 is 0 Å².